The number of nitrogens with one attached hydrogen (secondary N) is 1. The van der Waals surface area contributed by atoms with E-state index in [1.54, 1.807) is 14.1 Å². The standard InChI is InChI=1S/C9H15N3O2/c1-11-7(13)9(8(14)12(11)2)4-3-5-10-6-9/h10H,3-6H2,1-2H3. The van der Waals surface area contributed by atoms with E-state index in [1.165, 1.54) is 10.0 Å². The van der Waals surface area contributed by atoms with Gasteiger partial charge in [-0.3, -0.25) is 19.6 Å². The molecule has 2 aliphatic rings. The van der Waals surface area contributed by atoms with Crippen LogP contribution in [-0.2, 0) is 9.59 Å². The van der Waals surface area contributed by atoms with Gasteiger partial charge in [0.15, 0.2) is 0 Å². The average Bonchev–Trinajstić information content (AvgIpc) is 2.37. The van der Waals surface area contributed by atoms with Crippen molar-refractivity contribution in [2.45, 2.75) is 12.8 Å². The van der Waals surface area contributed by atoms with E-state index in [0.29, 0.717) is 13.0 Å². The van der Waals surface area contributed by atoms with Crippen molar-refractivity contribution < 1.29 is 9.59 Å². The number of hydrogen-bond donors (Lipinski definition) is 1. The van der Waals surface area contributed by atoms with Crippen LogP contribution in [0.25, 0.3) is 0 Å². The number of nitrogens with zero attached hydrogens (tertiary/aromatic N) is 2. The van der Waals surface area contributed by atoms with Gasteiger partial charge in [0.25, 0.3) is 11.8 Å². The highest BCUT2D eigenvalue weighted by molar-refractivity contribution is 6.09. The Morgan fingerprint density at radius 1 is 1.21 bits per heavy atom. The third-order valence-electron chi connectivity index (χ3n) is 3.24. The number of rotatable bonds is 0. The summed E-state index contributed by atoms with van der Waals surface area (Å²) < 4.78 is 0. The van der Waals surface area contributed by atoms with Crippen LogP contribution in [0.5, 0.6) is 0 Å². The number of piperidine rings is 1. The van der Waals surface area contributed by atoms with E-state index in [0.717, 1.165) is 13.0 Å². The highest BCUT2D eigenvalue weighted by atomic mass is 16.2. The second-order valence-electron chi connectivity index (χ2n) is 4.02. The molecule has 0 aromatic rings. The van der Waals surface area contributed by atoms with Crippen molar-refractivity contribution in [1.29, 1.82) is 0 Å². The first kappa shape index (κ1) is 9.45. The predicted octanol–water partition coefficient (Wildman–Crippen LogP) is -0.798. The van der Waals surface area contributed by atoms with E-state index < -0.39 is 5.41 Å². The number of carbonyl (C=O) groups excluding carboxylic acids is 2. The molecule has 5 nitrogen and oxygen atoms in total. The molecule has 2 amide bonds. The smallest absolute Gasteiger partial charge is 0.257 e. The molecule has 0 unspecified atom stereocenters. The minimum Gasteiger partial charge on any atom is -0.315 e. The summed E-state index contributed by atoms with van der Waals surface area (Å²) in [5.41, 5.74) is -0.804. The summed E-state index contributed by atoms with van der Waals surface area (Å²) in [7, 11) is 3.28. The molecule has 2 rings (SSSR count). The molecule has 5 heteroatoms. The fourth-order valence-electron chi connectivity index (χ4n) is 2.25. The molecule has 0 saturated carbocycles. The van der Waals surface area contributed by atoms with Gasteiger partial charge in [-0.25, -0.2) is 0 Å². The minimum atomic E-state index is -0.804. The van der Waals surface area contributed by atoms with E-state index in [9.17, 15) is 9.59 Å². The summed E-state index contributed by atoms with van der Waals surface area (Å²) in [5, 5.41) is 5.95. The number of hydrazine groups is 1. The van der Waals surface area contributed by atoms with Crippen molar-refractivity contribution >= 4 is 11.8 Å². The molecule has 0 aromatic heterocycles. The van der Waals surface area contributed by atoms with Crippen LogP contribution in [0.15, 0.2) is 0 Å². The summed E-state index contributed by atoms with van der Waals surface area (Å²) in [6.07, 6.45) is 1.56. The van der Waals surface area contributed by atoms with Crippen molar-refractivity contribution in [3.63, 3.8) is 0 Å². The Bertz CT molecular complexity index is 262. The molecule has 14 heavy (non-hydrogen) atoms. The summed E-state index contributed by atoms with van der Waals surface area (Å²) in [5.74, 6) is -0.144. The molecule has 0 aliphatic carbocycles. The molecular formula is C9H15N3O2. The Kier molecular flexibility index (Phi) is 1.99. The maximum atomic E-state index is 11.9. The monoisotopic (exact) mass is 197 g/mol. The van der Waals surface area contributed by atoms with Crippen LogP contribution < -0.4 is 5.32 Å². The predicted molar refractivity (Wildman–Crippen MR) is 50.1 cm³/mol. The SMILES string of the molecule is CN1C(=O)C2(CCCNC2)C(=O)N1C. The second-order valence-corrected chi connectivity index (χ2v) is 4.02. The average molecular weight is 197 g/mol. The van der Waals surface area contributed by atoms with Gasteiger partial charge in [0.05, 0.1) is 0 Å². The molecule has 2 saturated heterocycles. The van der Waals surface area contributed by atoms with Gasteiger partial charge in [-0.1, -0.05) is 0 Å². The molecular weight excluding hydrogens is 182 g/mol. The first-order valence-electron chi connectivity index (χ1n) is 4.86. The zero-order chi connectivity index (χ0) is 10.3. The maximum absolute atomic E-state index is 11.9. The van der Waals surface area contributed by atoms with Gasteiger partial charge in [0.2, 0.25) is 0 Å². The fraction of sp³-hybridized carbons (Fsp3) is 0.778. The fourth-order valence-corrected chi connectivity index (χ4v) is 2.25. The molecule has 0 atom stereocenters. The molecule has 0 bridgehead atoms. The maximum Gasteiger partial charge on any atom is 0.257 e. The lowest BCUT2D eigenvalue weighted by Gasteiger charge is -2.28. The molecule has 2 aliphatic heterocycles. The normalized spacial score (nSPS) is 26.4. The van der Waals surface area contributed by atoms with Crippen LogP contribution in [0.4, 0.5) is 0 Å². The Balaban J connectivity index is 2.34. The largest absolute Gasteiger partial charge is 0.315 e. The molecule has 0 aromatic carbocycles. The molecule has 1 spiro atoms. The van der Waals surface area contributed by atoms with Crippen LogP contribution in [0.1, 0.15) is 12.8 Å². The lowest BCUT2D eigenvalue weighted by Crippen LogP contribution is -2.48. The highest BCUT2D eigenvalue weighted by Crippen LogP contribution is 2.35. The number of carbonyl (C=O) groups is 2. The van der Waals surface area contributed by atoms with Crippen molar-refractivity contribution in [3.8, 4) is 0 Å². The van der Waals surface area contributed by atoms with Crippen LogP contribution in [0.2, 0.25) is 0 Å². The van der Waals surface area contributed by atoms with Gasteiger partial charge in [-0.15, -0.1) is 0 Å². The van der Waals surface area contributed by atoms with E-state index >= 15 is 0 Å². The van der Waals surface area contributed by atoms with Gasteiger partial charge < -0.3 is 5.32 Å². The second kappa shape index (κ2) is 2.95. The van der Waals surface area contributed by atoms with Crippen molar-refractivity contribution in [3.05, 3.63) is 0 Å². The third-order valence-corrected chi connectivity index (χ3v) is 3.24. The number of hydrogen-bond acceptors (Lipinski definition) is 3. The Labute approximate surface area is 83.0 Å². The lowest BCUT2D eigenvalue weighted by atomic mass is 9.80. The van der Waals surface area contributed by atoms with Crippen LogP contribution in [-0.4, -0.2) is 49.0 Å². The van der Waals surface area contributed by atoms with Gasteiger partial charge >= 0.3 is 0 Å². The zero-order valence-corrected chi connectivity index (χ0v) is 8.54. The minimum absolute atomic E-state index is 0.0720. The Hall–Kier alpha value is -1.10. The van der Waals surface area contributed by atoms with E-state index in [-0.39, 0.29) is 11.8 Å². The molecule has 78 valence electrons. The first-order chi connectivity index (χ1) is 6.59. The van der Waals surface area contributed by atoms with Crippen LogP contribution in [0, 0.1) is 5.41 Å². The Morgan fingerprint density at radius 2 is 1.79 bits per heavy atom. The summed E-state index contributed by atoms with van der Waals surface area (Å²) in [6, 6.07) is 0. The van der Waals surface area contributed by atoms with E-state index in [4.69, 9.17) is 0 Å². The van der Waals surface area contributed by atoms with Gasteiger partial charge in [0, 0.05) is 20.6 Å². The summed E-state index contributed by atoms with van der Waals surface area (Å²) >= 11 is 0. The summed E-state index contributed by atoms with van der Waals surface area (Å²) in [4.78, 5) is 23.9. The van der Waals surface area contributed by atoms with Gasteiger partial charge in [-0.2, -0.15) is 0 Å². The lowest BCUT2D eigenvalue weighted by molar-refractivity contribution is -0.141. The molecule has 2 heterocycles. The molecule has 2 fully saturated rings. The quantitative estimate of drug-likeness (QED) is 0.517. The number of amides is 2. The zero-order valence-electron chi connectivity index (χ0n) is 8.54. The highest BCUT2D eigenvalue weighted by Gasteiger charge is 2.56. The topological polar surface area (TPSA) is 52.7 Å². The van der Waals surface area contributed by atoms with Crippen molar-refractivity contribution in [2.75, 3.05) is 27.2 Å². The first-order valence-corrected chi connectivity index (χ1v) is 4.86. The van der Waals surface area contributed by atoms with E-state index in [2.05, 4.69) is 5.32 Å². The van der Waals surface area contributed by atoms with Crippen LogP contribution in [0.3, 0.4) is 0 Å². The Morgan fingerprint density at radius 3 is 2.21 bits per heavy atom. The third kappa shape index (κ3) is 0.987. The van der Waals surface area contributed by atoms with Crippen molar-refractivity contribution in [2.24, 2.45) is 5.41 Å². The van der Waals surface area contributed by atoms with Gasteiger partial charge in [-0.05, 0) is 19.4 Å². The van der Waals surface area contributed by atoms with Crippen molar-refractivity contribution in [1.82, 2.24) is 15.3 Å². The molecule has 1 N–H and O–H groups in total. The molecule has 0 radical (unpaired) electrons. The van der Waals surface area contributed by atoms with Gasteiger partial charge in [0.1, 0.15) is 5.41 Å². The summed E-state index contributed by atoms with van der Waals surface area (Å²) in [6.45, 7) is 1.38. The van der Waals surface area contributed by atoms with Crippen LogP contribution >= 0.6 is 0 Å². The van der Waals surface area contributed by atoms with E-state index in [1.807, 2.05) is 0 Å².